The van der Waals surface area contributed by atoms with Gasteiger partial charge in [0.2, 0.25) is 10.0 Å². The second-order valence-electron chi connectivity index (χ2n) is 6.80. The Balaban J connectivity index is 1.89. The lowest BCUT2D eigenvalue weighted by Crippen LogP contribution is -2.44. The molecular weight excluding hydrogens is 328 g/mol. The summed E-state index contributed by atoms with van der Waals surface area (Å²) in [5, 5.41) is 9.19. The molecule has 2 heterocycles. The first-order valence-corrected chi connectivity index (χ1v) is 9.85. The maximum atomic E-state index is 13.0. The van der Waals surface area contributed by atoms with Crippen LogP contribution in [0, 0.1) is 6.92 Å². The predicted octanol–water partition coefficient (Wildman–Crippen LogP) is 1.94. The molecule has 0 saturated carbocycles. The quantitative estimate of drug-likeness (QED) is 0.896. The molecule has 0 bridgehead atoms. The van der Waals surface area contributed by atoms with Crippen molar-refractivity contribution in [1.82, 2.24) is 9.21 Å². The van der Waals surface area contributed by atoms with Crippen LogP contribution < -0.4 is 0 Å². The first kappa shape index (κ1) is 17.4. The fraction of sp³-hybridized carbons (Fsp3) is 0.588. The topological polar surface area (TPSA) is 77.9 Å². The molecular formula is C17H24N2O4S. The van der Waals surface area contributed by atoms with Crippen LogP contribution >= 0.6 is 0 Å². The molecule has 0 radical (unpaired) electrons. The molecule has 2 atom stereocenters. The summed E-state index contributed by atoms with van der Waals surface area (Å²) in [7, 11) is -3.69. The number of benzene rings is 1. The van der Waals surface area contributed by atoms with E-state index in [0.717, 1.165) is 19.5 Å². The summed E-state index contributed by atoms with van der Waals surface area (Å²) in [5.74, 6) is -1.11. The van der Waals surface area contributed by atoms with Crippen LogP contribution in [0.5, 0.6) is 0 Å². The summed E-state index contributed by atoms with van der Waals surface area (Å²) in [5.41, 5.74) is 0.646. The van der Waals surface area contributed by atoms with Gasteiger partial charge in [0.1, 0.15) is 0 Å². The maximum absolute atomic E-state index is 13.0. The summed E-state index contributed by atoms with van der Waals surface area (Å²) in [6.45, 7) is 6.24. The number of sulfonamides is 1. The minimum atomic E-state index is -3.69. The zero-order chi connectivity index (χ0) is 17.5. The average Bonchev–Trinajstić information content (AvgIpc) is 3.15. The van der Waals surface area contributed by atoms with Gasteiger partial charge < -0.3 is 5.11 Å². The van der Waals surface area contributed by atoms with Crippen LogP contribution in [-0.2, 0) is 10.0 Å². The zero-order valence-electron chi connectivity index (χ0n) is 14.1. The highest BCUT2D eigenvalue weighted by Crippen LogP contribution is 2.31. The Morgan fingerprint density at radius 1 is 1.17 bits per heavy atom. The number of hydrogen-bond donors (Lipinski definition) is 1. The first-order chi connectivity index (χ1) is 11.3. The third-order valence-electron chi connectivity index (χ3n) is 5.17. The number of rotatable bonds is 4. The van der Waals surface area contributed by atoms with E-state index in [0.29, 0.717) is 12.1 Å². The molecule has 3 rings (SSSR count). The lowest BCUT2D eigenvalue weighted by atomic mass is 10.1. The van der Waals surface area contributed by atoms with E-state index in [1.807, 2.05) is 6.92 Å². The Bertz CT molecular complexity index is 741. The first-order valence-electron chi connectivity index (χ1n) is 8.41. The van der Waals surface area contributed by atoms with Gasteiger partial charge in [-0.15, -0.1) is 0 Å². The van der Waals surface area contributed by atoms with Crippen LogP contribution in [-0.4, -0.2) is 60.4 Å². The van der Waals surface area contributed by atoms with E-state index in [1.165, 1.54) is 29.3 Å². The normalized spacial score (nSPS) is 26.1. The fourth-order valence-electron chi connectivity index (χ4n) is 3.95. The number of aryl methyl sites for hydroxylation is 1. The predicted molar refractivity (Wildman–Crippen MR) is 90.7 cm³/mol. The van der Waals surface area contributed by atoms with Crippen molar-refractivity contribution in [1.29, 1.82) is 0 Å². The van der Waals surface area contributed by atoms with Crippen LogP contribution in [0.1, 0.15) is 42.1 Å². The third-order valence-corrected chi connectivity index (χ3v) is 7.13. The van der Waals surface area contributed by atoms with Gasteiger partial charge in [-0.3, -0.25) is 4.90 Å². The Kier molecular flexibility index (Phi) is 4.68. The molecule has 1 N–H and O–H groups in total. The largest absolute Gasteiger partial charge is 0.478 e. The van der Waals surface area contributed by atoms with Gasteiger partial charge in [0, 0.05) is 18.6 Å². The zero-order valence-corrected chi connectivity index (χ0v) is 14.9. The fourth-order valence-corrected chi connectivity index (χ4v) is 5.76. The molecule has 2 unspecified atom stereocenters. The minimum Gasteiger partial charge on any atom is -0.478 e. The second kappa shape index (κ2) is 6.46. The average molecular weight is 352 g/mol. The van der Waals surface area contributed by atoms with Gasteiger partial charge in [-0.2, -0.15) is 4.31 Å². The Labute approximate surface area is 143 Å². The van der Waals surface area contributed by atoms with Crippen molar-refractivity contribution in [3.05, 3.63) is 29.3 Å². The van der Waals surface area contributed by atoms with Crippen LogP contribution in [0.2, 0.25) is 0 Å². The lowest BCUT2D eigenvalue weighted by Gasteiger charge is -2.30. The van der Waals surface area contributed by atoms with Gasteiger partial charge in [-0.1, -0.05) is 0 Å². The molecule has 0 aromatic heterocycles. The smallest absolute Gasteiger partial charge is 0.335 e. The summed E-state index contributed by atoms with van der Waals surface area (Å²) in [6.07, 6.45) is 3.18. The molecule has 2 aliphatic heterocycles. The van der Waals surface area contributed by atoms with E-state index in [2.05, 4.69) is 4.90 Å². The van der Waals surface area contributed by atoms with E-state index >= 15 is 0 Å². The van der Waals surface area contributed by atoms with Gasteiger partial charge in [-0.25, -0.2) is 13.2 Å². The Morgan fingerprint density at radius 2 is 1.83 bits per heavy atom. The van der Waals surface area contributed by atoms with Crippen LogP contribution in [0.15, 0.2) is 23.1 Å². The molecule has 7 heteroatoms. The van der Waals surface area contributed by atoms with E-state index in [-0.39, 0.29) is 22.5 Å². The van der Waals surface area contributed by atoms with Gasteiger partial charge in [0.25, 0.3) is 0 Å². The van der Waals surface area contributed by atoms with Gasteiger partial charge in [0.15, 0.2) is 0 Å². The number of carbonyl (C=O) groups is 1. The van der Waals surface area contributed by atoms with E-state index in [1.54, 1.807) is 13.0 Å². The van der Waals surface area contributed by atoms with Crippen LogP contribution in [0.4, 0.5) is 0 Å². The Hall–Kier alpha value is -1.44. The van der Waals surface area contributed by atoms with Crippen molar-refractivity contribution < 1.29 is 18.3 Å². The summed E-state index contributed by atoms with van der Waals surface area (Å²) < 4.78 is 27.6. The number of nitrogens with zero attached hydrogens (tertiary/aromatic N) is 2. The number of aromatic carboxylic acids is 1. The number of carboxylic acid groups (broad SMARTS) is 1. The van der Waals surface area contributed by atoms with Crippen molar-refractivity contribution in [3.8, 4) is 0 Å². The molecule has 2 saturated heterocycles. The van der Waals surface area contributed by atoms with E-state index in [9.17, 15) is 18.3 Å². The van der Waals surface area contributed by atoms with Crippen LogP contribution in [0.3, 0.4) is 0 Å². The highest BCUT2D eigenvalue weighted by Gasteiger charge is 2.42. The molecule has 0 aliphatic carbocycles. The van der Waals surface area contributed by atoms with Crippen LogP contribution in [0.25, 0.3) is 0 Å². The van der Waals surface area contributed by atoms with Gasteiger partial charge in [0.05, 0.1) is 10.5 Å². The van der Waals surface area contributed by atoms with Crippen molar-refractivity contribution in [2.75, 3.05) is 19.6 Å². The highest BCUT2D eigenvalue weighted by molar-refractivity contribution is 7.89. The van der Waals surface area contributed by atoms with E-state index < -0.39 is 16.0 Å². The number of carboxylic acids is 1. The second-order valence-corrected chi connectivity index (χ2v) is 8.69. The molecule has 2 aliphatic rings. The van der Waals surface area contributed by atoms with Crippen molar-refractivity contribution in [3.63, 3.8) is 0 Å². The van der Waals surface area contributed by atoms with Crippen molar-refractivity contribution in [2.24, 2.45) is 0 Å². The molecule has 1 aromatic rings. The van der Waals surface area contributed by atoms with Crippen molar-refractivity contribution >= 4 is 16.0 Å². The molecule has 1 aromatic carbocycles. The highest BCUT2D eigenvalue weighted by atomic mass is 32.2. The van der Waals surface area contributed by atoms with Gasteiger partial charge >= 0.3 is 5.97 Å². The SMILES string of the molecule is Cc1cc(C(=O)O)cc(S(=O)(=O)N2CCC(N3CCCC3)C2C)c1. The van der Waals surface area contributed by atoms with E-state index in [4.69, 9.17) is 0 Å². The number of likely N-dealkylation sites (tertiary alicyclic amines) is 1. The third kappa shape index (κ3) is 3.08. The summed E-state index contributed by atoms with van der Waals surface area (Å²) >= 11 is 0. The molecule has 24 heavy (non-hydrogen) atoms. The molecule has 0 spiro atoms. The Morgan fingerprint density at radius 3 is 2.46 bits per heavy atom. The summed E-state index contributed by atoms with van der Waals surface area (Å²) in [6, 6.07) is 4.47. The summed E-state index contributed by atoms with van der Waals surface area (Å²) in [4.78, 5) is 13.7. The monoisotopic (exact) mass is 352 g/mol. The maximum Gasteiger partial charge on any atom is 0.335 e. The lowest BCUT2D eigenvalue weighted by molar-refractivity contribution is 0.0696. The van der Waals surface area contributed by atoms with Crippen molar-refractivity contribution in [2.45, 2.75) is 50.1 Å². The standard InChI is InChI=1S/C17H24N2O4S/c1-12-9-14(17(20)21)11-15(10-12)24(22,23)19-8-5-16(13(19)2)18-6-3-4-7-18/h9-11,13,16H,3-8H2,1-2H3,(H,20,21). The molecule has 6 nitrogen and oxygen atoms in total. The number of hydrogen-bond acceptors (Lipinski definition) is 4. The molecule has 0 amide bonds. The molecule has 2 fully saturated rings. The van der Waals surface area contributed by atoms with Gasteiger partial charge in [-0.05, 0) is 70.0 Å². The molecule has 132 valence electrons. The minimum absolute atomic E-state index is 0.0107.